The van der Waals surface area contributed by atoms with Crippen molar-refractivity contribution in [3.05, 3.63) is 102 Å². The van der Waals surface area contributed by atoms with Gasteiger partial charge in [0.1, 0.15) is 12.4 Å². The molecule has 194 valence electrons. The van der Waals surface area contributed by atoms with Gasteiger partial charge in [-0.15, -0.1) is 0 Å². The molecule has 0 bridgehead atoms. The maximum absolute atomic E-state index is 12.7. The number of benzene rings is 3. The van der Waals surface area contributed by atoms with Crippen LogP contribution in [0.5, 0.6) is 5.75 Å². The largest absolute Gasteiger partial charge is 0.492 e. The number of amides is 2. The molecular weight excluding hydrogens is 462 g/mol. The summed E-state index contributed by atoms with van der Waals surface area (Å²) in [6.45, 7) is 4.50. The van der Waals surface area contributed by atoms with Crippen LogP contribution in [0.3, 0.4) is 0 Å². The van der Waals surface area contributed by atoms with Crippen LogP contribution in [0.4, 0.5) is 4.79 Å². The minimum absolute atomic E-state index is 0.0313. The normalized spacial score (nSPS) is 14.3. The fraction of sp³-hybridized carbons (Fsp3) is 0.323. The predicted octanol–water partition coefficient (Wildman–Crippen LogP) is 5.02. The average Bonchev–Trinajstić information content (AvgIpc) is 2.94. The zero-order valence-electron chi connectivity index (χ0n) is 21.9. The molecular formula is C31H37N3O3. The second kappa shape index (κ2) is 13.6. The third-order valence-corrected chi connectivity index (χ3v) is 6.39. The van der Waals surface area contributed by atoms with Crippen LogP contribution in [0.25, 0.3) is 11.1 Å². The average molecular weight is 500 g/mol. The Bertz CT molecular complexity index is 1140. The summed E-state index contributed by atoms with van der Waals surface area (Å²) in [4.78, 5) is 16.6. The van der Waals surface area contributed by atoms with Gasteiger partial charge < -0.3 is 24.6 Å². The monoisotopic (exact) mass is 499 g/mol. The second-order valence-electron chi connectivity index (χ2n) is 9.34. The van der Waals surface area contributed by atoms with Crippen LogP contribution >= 0.6 is 0 Å². The molecule has 0 aliphatic carbocycles. The number of rotatable bonds is 10. The number of nitrogens with zero attached hydrogens (tertiary/aromatic N) is 2. The first-order valence-corrected chi connectivity index (χ1v) is 12.9. The molecule has 1 fully saturated rings. The number of ether oxygens (including phenoxy) is 2. The first kappa shape index (κ1) is 26.5. The van der Waals surface area contributed by atoms with Crippen LogP contribution in [0.1, 0.15) is 23.1 Å². The van der Waals surface area contributed by atoms with E-state index in [-0.39, 0.29) is 6.03 Å². The maximum Gasteiger partial charge on any atom is 0.317 e. The van der Waals surface area contributed by atoms with Gasteiger partial charge in [-0.3, -0.25) is 0 Å². The van der Waals surface area contributed by atoms with Crippen molar-refractivity contribution in [3.63, 3.8) is 0 Å². The number of urea groups is 1. The Hall–Kier alpha value is -3.61. The van der Waals surface area contributed by atoms with Gasteiger partial charge in [0.15, 0.2) is 0 Å². The zero-order valence-corrected chi connectivity index (χ0v) is 21.9. The summed E-state index contributed by atoms with van der Waals surface area (Å²) >= 11 is 0. The first-order chi connectivity index (χ1) is 18.1. The molecule has 2 amide bonds. The zero-order chi connectivity index (χ0) is 25.9. The Kier molecular flexibility index (Phi) is 9.74. The summed E-state index contributed by atoms with van der Waals surface area (Å²) in [6, 6.07) is 29.2. The fourth-order valence-corrected chi connectivity index (χ4v) is 4.41. The Balaban J connectivity index is 1.63. The van der Waals surface area contributed by atoms with E-state index in [1.165, 1.54) is 5.57 Å². The van der Waals surface area contributed by atoms with E-state index in [4.69, 9.17) is 9.47 Å². The minimum atomic E-state index is -0.0313. The number of morpholine rings is 1. The maximum atomic E-state index is 12.7. The van der Waals surface area contributed by atoms with E-state index < -0.39 is 0 Å². The highest BCUT2D eigenvalue weighted by Gasteiger charge is 2.18. The molecule has 6 nitrogen and oxygen atoms in total. The summed E-state index contributed by atoms with van der Waals surface area (Å²) in [7, 11) is 4.08. The number of carbonyl (C=O) groups excluding carboxylic acids is 1. The van der Waals surface area contributed by atoms with Gasteiger partial charge in [-0.2, -0.15) is 0 Å². The molecule has 0 aromatic heterocycles. The van der Waals surface area contributed by atoms with Crippen molar-refractivity contribution in [1.29, 1.82) is 0 Å². The number of carbonyl (C=O) groups is 1. The molecule has 37 heavy (non-hydrogen) atoms. The lowest BCUT2D eigenvalue weighted by Gasteiger charge is -2.27. The van der Waals surface area contributed by atoms with Gasteiger partial charge in [-0.25, -0.2) is 4.79 Å². The van der Waals surface area contributed by atoms with E-state index in [2.05, 4.69) is 70.9 Å². The number of hydrogen-bond acceptors (Lipinski definition) is 4. The van der Waals surface area contributed by atoms with Crippen LogP contribution in [-0.4, -0.2) is 75.9 Å². The van der Waals surface area contributed by atoms with Gasteiger partial charge in [0.25, 0.3) is 0 Å². The molecule has 0 spiro atoms. The molecule has 0 unspecified atom stereocenters. The summed E-state index contributed by atoms with van der Waals surface area (Å²) < 4.78 is 11.3. The van der Waals surface area contributed by atoms with Crippen molar-refractivity contribution in [2.24, 2.45) is 0 Å². The van der Waals surface area contributed by atoms with Gasteiger partial charge in [0.2, 0.25) is 0 Å². The molecule has 4 rings (SSSR count). The van der Waals surface area contributed by atoms with E-state index in [0.29, 0.717) is 45.9 Å². The van der Waals surface area contributed by atoms with Gasteiger partial charge in [-0.1, -0.05) is 72.8 Å². The lowest BCUT2D eigenvalue weighted by molar-refractivity contribution is 0.0533. The molecule has 1 aliphatic heterocycles. The third-order valence-electron chi connectivity index (χ3n) is 6.39. The summed E-state index contributed by atoms with van der Waals surface area (Å²) in [5.41, 5.74) is 5.75. The quantitative estimate of drug-likeness (QED) is 0.398. The smallest absolute Gasteiger partial charge is 0.317 e. The van der Waals surface area contributed by atoms with Crippen LogP contribution < -0.4 is 10.1 Å². The van der Waals surface area contributed by atoms with Crippen LogP contribution in [0, 0.1) is 0 Å². The second-order valence-corrected chi connectivity index (χ2v) is 9.34. The van der Waals surface area contributed by atoms with Crippen LogP contribution in [0.15, 0.2) is 84.9 Å². The molecule has 6 heteroatoms. The lowest BCUT2D eigenvalue weighted by Crippen LogP contribution is -2.46. The number of nitrogens with one attached hydrogen (secondary N) is 1. The summed E-state index contributed by atoms with van der Waals surface area (Å²) in [6.07, 6.45) is 0.700. The lowest BCUT2D eigenvalue weighted by atomic mass is 9.88. The topological polar surface area (TPSA) is 54.0 Å². The van der Waals surface area contributed by atoms with E-state index in [9.17, 15) is 4.79 Å². The number of likely N-dealkylation sites (N-methyl/N-ethyl adjacent to an activating group) is 1. The van der Waals surface area contributed by atoms with Crippen molar-refractivity contribution < 1.29 is 14.3 Å². The van der Waals surface area contributed by atoms with Crippen LogP contribution in [0.2, 0.25) is 0 Å². The molecule has 0 radical (unpaired) electrons. The molecule has 3 aromatic rings. The molecule has 3 aromatic carbocycles. The van der Waals surface area contributed by atoms with Crippen molar-refractivity contribution in [3.8, 4) is 5.75 Å². The SMILES string of the molecule is CN(C)CCOc1ccc(/C(=C(/CCNC(=O)N2CCOCC2)c2ccccc2)c2ccccc2)cc1. The molecule has 1 aliphatic rings. The highest BCUT2D eigenvalue weighted by molar-refractivity contribution is 5.98. The molecule has 0 atom stereocenters. The number of hydrogen-bond donors (Lipinski definition) is 1. The van der Waals surface area contributed by atoms with Gasteiger partial charge in [0.05, 0.1) is 13.2 Å². The van der Waals surface area contributed by atoms with E-state index in [0.717, 1.165) is 34.6 Å². The highest BCUT2D eigenvalue weighted by Crippen LogP contribution is 2.35. The molecule has 1 N–H and O–H groups in total. The fourth-order valence-electron chi connectivity index (χ4n) is 4.41. The first-order valence-electron chi connectivity index (χ1n) is 12.9. The van der Waals surface area contributed by atoms with Crippen LogP contribution in [-0.2, 0) is 4.74 Å². The summed E-state index contributed by atoms with van der Waals surface area (Å²) in [5.74, 6) is 0.858. The Morgan fingerprint density at radius 2 is 1.46 bits per heavy atom. The highest BCUT2D eigenvalue weighted by atomic mass is 16.5. The predicted molar refractivity (Wildman–Crippen MR) is 150 cm³/mol. The molecule has 1 saturated heterocycles. The third kappa shape index (κ3) is 7.68. The standard InChI is InChI=1S/C31H37N3O3/c1-33(2)19-24-37-28-15-13-27(14-16-28)30(26-11-7-4-8-12-26)29(25-9-5-3-6-10-25)17-18-32-31(35)34-20-22-36-23-21-34/h3-16H,17-24H2,1-2H3,(H,32,35)/b30-29-. The Labute approximate surface area is 220 Å². The Morgan fingerprint density at radius 1 is 0.865 bits per heavy atom. The minimum Gasteiger partial charge on any atom is -0.492 e. The van der Waals surface area contributed by atoms with Gasteiger partial charge in [0, 0.05) is 26.2 Å². The van der Waals surface area contributed by atoms with E-state index in [1.54, 1.807) is 0 Å². The van der Waals surface area contributed by atoms with Gasteiger partial charge >= 0.3 is 6.03 Å². The van der Waals surface area contributed by atoms with Gasteiger partial charge in [-0.05, 0) is 60.5 Å². The summed E-state index contributed by atoms with van der Waals surface area (Å²) in [5, 5.41) is 3.13. The van der Waals surface area contributed by atoms with Crippen molar-refractivity contribution in [1.82, 2.24) is 15.1 Å². The van der Waals surface area contributed by atoms with Crippen molar-refractivity contribution in [2.45, 2.75) is 6.42 Å². The van der Waals surface area contributed by atoms with E-state index >= 15 is 0 Å². The van der Waals surface area contributed by atoms with Crippen molar-refractivity contribution in [2.75, 3.05) is 60.1 Å². The molecule has 1 heterocycles. The van der Waals surface area contributed by atoms with E-state index in [1.807, 2.05) is 43.3 Å². The molecule has 0 saturated carbocycles. The Morgan fingerprint density at radius 3 is 2.08 bits per heavy atom. The van der Waals surface area contributed by atoms with Crippen molar-refractivity contribution >= 4 is 17.2 Å².